The number of hydrogen-bond donors (Lipinski definition) is 1. The standard InChI is InChI=1S/C17H13N3O2S/c1-3-12(10-18-7-1)15-5-6-16(23-15)14-9-17(20-22-14)21-13-4-2-8-19-11-13/h1-11,14,20H/t14-/m0/s1. The van der Waals surface area contributed by atoms with Crippen molar-refractivity contribution < 1.29 is 9.57 Å². The second-order valence-electron chi connectivity index (χ2n) is 4.91. The van der Waals surface area contributed by atoms with Crippen LogP contribution in [0.25, 0.3) is 10.4 Å². The summed E-state index contributed by atoms with van der Waals surface area (Å²) in [4.78, 5) is 16.0. The predicted molar refractivity (Wildman–Crippen MR) is 87.5 cm³/mol. The number of rotatable bonds is 4. The van der Waals surface area contributed by atoms with Crippen molar-refractivity contribution >= 4 is 11.3 Å². The molecular weight excluding hydrogens is 310 g/mol. The van der Waals surface area contributed by atoms with E-state index >= 15 is 0 Å². The summed E-state index contributed by atoms with van der Waals surface area (Å²) >= 11 is 1.67. The molecule has 114 valence electrons. The number of nitrogens with one attached hydrogen (secondary N) is 1. The number of thiophene rings is 1. The third kappa shape index (κ3) is 3.08. The molecule has 0 bridgehead atoms. The van der Waals surface area contributed by atoms with Crippen molar-refractivity contribution in [2.45, 2.75) is 6.10 Å². The summed E-state index contributed by atoms with van der Waals surface area (Å²) in [6, 6.07) is 11.8. The Kier molecular flexibility index (Phi) is 3.75. The molecule has 1 N–H and O–H groups in total. The fraction of sp³-hybridized carbons (Fsp3) is 0.0588. The Balaban J connectivity index is 1.50. The zero-order valence-electron chi connectivity index (χ0n) is 12.0. The smallest absolute Gasteiger partial charge is 0.216 e. The number of pyridine rings is 2. The second kappa shape index (κ2) is 6.20. The zero-order chi connectivity index (χ0) is 15.5. The summed E-state index contributed by atoms with van der Waals surface area (Å²) in [5.41, 5.74) is 3.91. The summed E-state index contributed by atoms with van der Waals surface area (Å²) in [7, 11) is 0. The summed E-state index contributed by atoms with van der Waals surface area (Å²) in [5, 5.41) is 0. The molecule has 1 aliphatic rings. The molecule has 0 saturated carbocycles. The minimum absolute atomic E-state index is 0.169. The van der Waals surface area contributed by atoms with Crippen molar-refractivity contribution in [1.82, 2.24) is 15.4 Å². The zero-order valence-corrected chi connectivity index (χ0v) is 12.9. The highest BCUT2D eigenvalue weighted by Gasteiger charge is 2.21. The van der Waals surface area contributed by atoms with E-state index in [-0.39, 0.29) is 6.10 Å². The number of aromatic nitrogens is 2. The molecule has 4 rings (SSSR count). The average molecular weight is 323 g/mol. The van der Waals surface area contributed by atoms with Crippen molar-refractivity contribution in [1.29, 1.82) is 0 Å². The number of hydrogen-bond acceptors (Lipinski definition) is 6. The molecule has 3 aromatic heterocycles. The molecule has 0 unspecified atom stereocenters. The minimum atomic E-state index is -0.169. The molecule has 0 aromatic carbocycles. The molecule has 0 fully saturated rings. The Bertz CT molecular complexity index is 818. The molecule has 3 aromatic rings. The molecule has 6 heteroatoms. The normalized spacial score (nSPS) is 16.7. The Morgan fingerprint density at radius 3 is 2.70 bits per heavy atom. The minimum Gasteiger partial charge on any atom is -0.438 e. The van der Waals surface area contributed by atoms with Crippen LogP contribution in [0.1, 0.15) is 11.0 Å². The van der Waals surface area contributed by atoms with Gasteiger partial charge >= 0.3 is 0 Å². The van der Waals surface area contributed by atoms with Gasteiger partial charge in [0.15, 0.2) is 0 Å². The van der Waals surface area contributed by atoms with Crippen LogP contribution in [0.3, 0.4) is 0 Å². The van der Waals surface area contributed by atoms with Gasteiger partial charge in [0.05, 0.1) is 6.20 Å². The molecule has 1 atom stereocenters. The molecule has 0 aliphatic carbocycles. The third-order valence-corrected chi connectivity index (χ3v) is 4.50. The molecule has 23 heavy (non-hydrogen) atoms. The van der Waals surface area contributed by atoms with Crippen molar-refractivity contribution in [3.63, 3.8) is 0 Å². The first-order valence-corrected chi connectivity index (χ1v) is 7.92. The first-order chi connectivity index (χ1) is 11.4. The van der Waals surface area contributed by atoms with Gasteiger partial charge in [-0.3, -0.25) is 14.8 Å². The Hall–Kier alpha value is -2.70. The number of hydroxylamine groups is 1. The monoisotopic (exact) mass is 323 g/mol. The lowest BCUT2D eigenvalue weighted by atomic mass is 10.2. The van der Waals surface area contributed by atoms with E-state index in [1.165, 1.54) is 0 Å². The van der Waals surface area contributed by atoms with E-state index in [9.17, 15) is 0 Å². The maximum atomic E-state index is 5.68. The molecule has 0 amide bonds. The Morgan fingerprint density at radius 2 is 1.91 bits per heavy atom. The summed E-state index contributed by atoms with van der Waals surface area (Å²) < 4.78 is 5.68. The van der Waals surface area contributed by atoms with Crippen LogP contribution >= 0.6 is 11.3 Å². The maximum Gasteiger partial charge on any atom is 0.216 e. The van der Waals surface area contributed by atoms with E-state index in [2.05, 4.69) is 27.6 Å². The van der Waals surface area contributed by atoms with Crippen LogP contribution in [-0.4, -0.2) is 9.97 Å². The molecule has 4 heterocycles. The molecule has 0 spiro atoms. The van der Waals surface area contributed by atoms with Gasteiger partial charge in [-0.15, -0.1) is 11.3 Å². The van der Waals surface area contributed by atoms with Gasteiger partial charge in [-0.1, -0.05) is 6.07 Å². The van der Waals surface area contributed by atoms with E-state index in [1.807, 2.05) is 36.5 Å². The average Bonchev–Trinajstić information content (AvgIpc) is 3.26. The molecule has 0 saturated heterocycles. The Morgan fingerprint density at radius 1 is 1.04 bits per heavy atom. The number of nitrogens with zero attached hydrogens (tertiary/aromatic N) is 2. The highest BCUT2D eigenvalue weighted by Crippen LogP contribution is 2.34. The van der Waals surface area contributed by atoms with Crippen LogP contribution in [-0.2, 0) is 4.84 Å². The van der Waals surface area contributed by atoms with Crippen LogP contribution in [0.5, 0.6) is 5.75 Å². The Labute approximate surface area is 137 Å². The lowest BCUT2D eigenvalue weighted by Gasteiger charge is -2.05. The van der Waals surface area contributed by atoms with Gasteiger partial charge in [0, 0.05) is 40.0 Å². The van der Waals surface area contributed by atoms with E-state index < -0.39 is 0 Å². The predicted octanol–water partition coefficient (Wildman–Crippen LogP) is 3.70. The highest BCUT2D eigenvalue weighted by molar-refractivity contribution is 7.15. The fourth-order valence-electron chi connectivity index (χ4n) is 2.23. The van der Waals surface area contributed by atoms with Gasteiger partial charge in [-0.2, -0.15) is 0 Å². The lowest BCUT2D eigenvalue weighted by Crippen LogP contribution is -2.11. The summed E-state index contributed by atoms with van der Waals surface area (Å²) in [6.45, 7) is 0. The largest absolute Gasteiger partial charge is 0.438 e. The van der Waals surface area contributed by atoms with Crippen molar-refractivity contribution in [3.8, 4) is 16.2 Å². The van der Waals surface area contributed by atoms with Crippen LogP contribution in [0, 0.1) is 0 Å². The van der Waals surface area contributed by atoms with Gasteiger partial charge < -0.3 is 4.74 Å². The van der Waals surface area contributed by atoms with Crippen LogP contribution < -0.4 is 10.2 Å². The fourth-order valence-corrected chi connectivity index (χ4v) is 3.22. The quantitative estimate of drug-likeness (QED) is 0.793. The molecule has 5 nitrogen and oxygen atoms in total. The molecule has 0 radical (unpaired) electrons. The third-order valence-electron chi connectivity index (χ3n) is 3.30. The van der Waals surface area contributed by atoms with E-state index in [0.717, 1.165) is 15.3 Å². The first kappa shape index (κ1) is 13.9. The number of ether oxygens (including phenoxy) is 1. The summed E-state index contributed by atoms with van der Waals surface area (Å²) in [6.07, 6.45) is 8.72. The van der Waals surface area contributed by atoms with E-state index in [4.69, 9.17) is 9.57 Å². The van der Waals surface area contributed by atoms with Crippen LogP contribution in [0.15, 0.2) is 73.1 Å². The highest BCUT2D eigenvalue weighted by atomic mass is 32.1. The van der Waals surface area contributed by atoms with Gasteiger partial charge in [-0.05, 0) is 30.3 Å². The molecular formula is C17H13N3O2S. The summed E-state index contributed by atoms with van der Waals surface area (Å²) in [5.74, 6) is 1.23. The topological polar surface area (TPSA) is 56.3 Å². The maximum absolute atomic E-state index is 5.68. The van der Waals surface area contributed by atoms with Gasteiger partial charge in [-0.25, -0.2) is 5.48 Å². The van der Waals surface area contributed by atoms with E-state index in [0.29, 0.717) is 11.6 Å². The lowest BCUT2D eigenvalue weighted by molar-refractivity contribution is 0.0290. The van der Waals surface area contributed by atoms with Crippen LogP contribution in [0.2, 0.25) is 0 Å². The van der Waals surface area contributed by atoms with Crippen LogP contribution in [0.4, 0.5) is 0 Å². The molecule has 1 aliphatic heterocycles. The van der Waals surface area contributed by atoms with Gasteiger partial charge in [0.2, 0.25) is 5.88 Å². The van der Waals surface area contributed by atoms with Crippen molar-refractivity contribution in [3.05, 3.63) is 78.0 Å². The van der Waals surface area contributed by atoms with Gasteiger partial charge in [0.1, 0.15) is 11.9 Å². The van der Waals surface area contributed by atoms with Gasteiger partial charge in [0.25, 0.3) is 0 Å². The van der Waals surface area contributed by atoms with Crippen molar-refractivity contribution in [2.75, 3.05) is 0 Å². The first-order valence-electron chi connectivity index (χ1n) is 7.10. The van der Waals surface area contributed by atoms with E-state index in [1.54, 1.807) is 29.9 Å². The second-order valence-corrected chi connectivity index (χ2v) is 6.02. The SMILES string of the molecule is C1=C(Oc2cccnc2)NO[C@@H]1c1ccc(-c2cccnc2)s1. The van der Waals surface area contributed by atoms with Crippen molar-refractivity contribution in [2.24, 2.45) is 0 Å².